The minimum atomic E-state index is 0.382. The molecule has 0 fully saturated rings. The number of nitrogens with one attached hydrogen (secondary N) is 2. The fourth-order valence-electron chi connectivity index (χ4n) is 2.95. The van der Waals surface area contributed by atoms with Crippen LogP contribution < -0.4 is 21.1 Å². The summed E-state index contributed by atoms with van der Waals surface area (Å²) < 4.78 is 5.45. The Hall–Kier alpha value is -3.94. The van der Waals surface area contributed by atoms with E-state index >= 15 is 0 Å². The smallest absolute Gasteiger partial charge is 0.230 e. The average Bonchev–Trinajstić information content (AvgIpc) is 2.74. The molecular weight excluding hydrogens is 354 g/mol. The van der Waals surface area contributed by atoms with Crippen LogP contribution in [0.1, 0.15) is 0 Å². The molecule has 0 spiro atoms. The summed E-state index contributed by atoms with van der Waals surface area (Å²) in [5.74, 6) is 1.42. The molecular formula is C20H19N7O. The Balaban J connectivity index is 1.68. The molecule has 0 atom stereocenters. The zero-order valence-corrected chi connectivity index (χ0v) is 15.5. The van der Waals surface area contributed by atoms with Crippen LogP contribution in [0.15, 0.2) is 55.0 Å². The van der Waals surface area contributed by atoms with Gasteiger partial charge in [-0.05, 0) is 24.3 Å². The highest BCUT2D eigenvalue weighted by molar-refractivity contribution is 5.83. The second-order valence-corrected chi connectivity index (χ2v) is 6.03. The van der Waals surface area contributed by atoms with Crippen molar-refractivity contribution in [1.82, 2.24) is 19.9 Å². The lowest BCUT2D eigenvalue weighted by atomic mass is 10.1. The van der Waals surface area contributed by atoms with Crippen molar-refractivity contribution in [3.05, 3.63) is 55.0 Å². The van der Waals surface area contributed by atoms with E-state index in [0.29, 0.717) is 28.9 Å². The van der Waals surface area contributed by atoms with Crippen LogP contribution >= 0.6 is 0 Å². The van der Waals surface area contributed by atoms with Crippen LogP contribution in [0.25, 0.3) is 22.3 Å². The van der Waals surface area contributed by atoms with Crippen molar-refractivity contribution in [2.45, 2.75) is 0 Å². The first kappa shape index (κ1) is 17.5. The number of hydrogen-bond acceptors (Lipinski definition) is 8. The zero-order valence-electron chi connectivity index (χ0n) is 15.5. The van der Waals surface area contributed by atoms with Gasteiger partial charge in [-0.1, -0.05) is 18.2 Å². The van der Waals surface area contributed by atoms with E-state index in [1.54, 1.807) is 20.4 Å². The molecule has 0 radical (unpaired) electrons. The molecule has 8 heteroatoms. The van der Waals surface area contributed by atoms with E-state index in [4.69, 9.17) is 10.5 Å². The highest BCUT2D eigenvalue weighted by atomic mass is 16.5. The Morgan fingerprint density at radius 2 is 1.82 bits per heavy atom. The molecule has 0 amide bonds. The number of anilines is 4. The molecule has 8 nitrogen and oxygen atoms in total. The topological polar surface area (TPSA) is 111 Å². The van der Waals surface area contributed by atoms with Gasteiger partial charge in [0.2, 0.25) is 5.95 Å². The quantitative estimate of drug-likeness (QED) is 0.456. The number of pyridine rings is 1. The zero-order chi connectivity index (χ0) is 19.5. The number of ether oxygens (including phenoxy) is 1. The van der Waals surface area contributed by atoms with Crippen LogP contribution in [0, 0.1) is 0 Å². The molecule has 0 saturated carbocycles. The van der Waals surface area contributed by atoms with Crippen molar-refractivity contribution in [3.8, 4) is 17.1 Å². The first-order valence-electron chi connectivity index (χ1n) is 8.65. The highest BCUT2D eigenvalue weighted by Crippen LogP contribution is 2.37. The number of nitrogens with two attached hydrogens (primary N) is 1. The van der Waals surface area contributed by atoms with Gasteiger partial charge in [0.05, 0.1) is 29.7 Å². The van der Waals surface area contributed by atoms with Crippen LogP contribution in [0.5, 0.6) is 5.75 Å². The predicted molar refractivity (Wildman–Crippen MR) is 111 cm³/mol. The second-order valence-electron chi connectivity index (χ2n) is 6.03. The minimum absolute atomic E-state index is 0.382. The van der Waals surface area contributed by atoms with Gasteiger partial charge >= 0.3 is 0 Å². The summed E-state index contributed by atoms with van der Waals surface area (Å²) >= 11 is 0. The SMILES string of the molecule is CNc1ccc(Nc2ncnc(-c3cnc4ccccc4c3)n2)c(OC)c1N. The third kappa shape index (κ3) is 3.23. The first-order chi connectivity index (χ1) is 13.7. The monoisotopic (exact) mass is 373 g/mol. The lowest BCUT2D eigenvalue weighted by Crippen LogP contribution is -2.05. The van der Waals surface area contributed by atoms with Crippen molar-refractivity contribution >= 4 is 33.9 Å². The molecule has 2 heterocycles. The van der Waals surface area contributed by atoms with Gasteiger partial charge in [-0.3, -0.25) is 4.98 Å². The van der Waals surface area contributed by atoms with Crippen LogP contribution in [0.4, 0.5) is 23.0 Å². The molecule has 4 rings (SSSR count). The normalized spacial score (nSPS) is 10.6. The molecule has 0 unspecified atom stereocenters. The van der Waals surface area contributed by atoms with Gasteiger partial charge < -0.3 is 21.1 Å². The number of aromatic nitrogens is 4. The molecule has 4 N–H and O–H groups in total. The Bertz CT molecular complexity index is 1150. The van der Waals surface area contributed by atoms with Gasteiger partial charge in [0.15, 0.2) is 11.6 Å². The van der Waals surface area contributed by atoms with Crippen molar-refractivity contribution in [2.75, 3.05) is 30.5 Å². The molecule has 0 aliphatic carbocycles. The molecule has 0 aliphatic heterocycles. The molecule has 140 valence electrons. The van der Waals surface area contributed by atoms with Gasteiger partial charge in [0.1, 0.15) is 6.33 Å². The first-order valence-corrected chi connectivity index (χ1v) is 8.65. The summed E-state index contributed by atoms with van der Waals surface area (Å²) in [7, 11) is 3.37. The molecule has 4 aromatic rings. The Morgan fingerprint density at radius 3 is 2.64 bits per heavy atom. The maximum Gasteiger partial charge on any atom is 0.230 e. The van der Waals surface area contributed by atoms with E-state index in [-0.39, 0.29) is 0 Å². The number of methoxy groups -OCH3 is 1. The van der Waals surface area contributed by atoms with Gasteiger partial charge in [-0.2, -0.15) is 4.98 Å². The largest absolute Gasteiger partial charge is 0.492 e. The van der Waals surface area contributed by atoms with Crippen LogP contribution in [0.2, 0.25) is 0 Å². The fourth-order valence-corrected chi connectivity index (χ4v) is 2.95. The van der Waals surface area contributed by atoms with Gasteiger partial charge in [0.25, 0.3) is 0 Å². The van der Waals surface area contributed by atoms with Crippen molar-refractivity contribution in [2.24, 2.45) is 0 Å². The third-order valence-corrected chi connectivity index (χ3v) is 4.34. The summed E-state index contributed by atoms with van der Waals surface area (Å²) in [4.78, 5) is 17.5. The molecule has 0 bridgehead atoms. The summed E-state index contributed by atoms with van der Waals surface area (Å²) in [5, 5.41) is 7.19. The van der Waals surface area contributed by atoms with Gasteiger partial charge in [-0.25, -0.2) is 9.97 Å². The summed E-state index contributed by atoms with van der Waals surface area (Å²) in [5.41, 5.74) is 9.81. The van der Waals surface area contributed by atoms with Gasteiger partial charge in [-0.15, -0.1) is 0 Å². The molecule has 0 saturated heterocycles. The Morgan fingerprint density at radius 1 is 1.00 bits per heavy atom. The highest BCUT2D eigenvalue weighted by Gasteiger charge is 2.13. The predicted octanol–water partition coefficient (Wildman–Crippen LogP) is 3.46. The molecule has 2 aromatic carbocycles. The third-order valence-electron chi connectivity index (χ3n) is 4.34. The maximum atomic E-state index is 6.14. The number of hydrogen-bond donors (Lipinski definition) is 3. The van der Waals surface area contributed by atoms with E-state index in [1.165, 1.54) is 6.33 Å². The lowest BCUT2D eigenvalue weighted by Gasteiger charge is -2.15. The molecule has 2 aromatic heterocycles. The fraction of sp³-hybridized carbons (Fsp3) is 0.100. The lowest BCUT2D eigenvalue weighted by molar-refractivity contribution is 0.419. The molecule has 0 aliphatic rings. The minimum Gasteiger partial charge on any atom is -0.492 e. The number of para-hydroxylation sites is 1. The van der Waals surface area contributed by atoms with Crippen LogP contribution in [-0.4, -0.2) is 34.1 Å². The number of benzene rings is 2. The maximum absolute atomic E-state index is 6.14. The number of rotatable bonds is 5. The van der Waals surface area contributed by atoms with E-state index in [0.717, 1.165) is 22.2 Å². The van der Waals surface area contributed by atoms with Gasteiger partial charge in [0, 0.05) is 24.2 Å². The van der Waals surface area contributed by atoms with E-state index < -0.39 is 0 Å². The van der Waals surface area contributed by atoms with E-state index in [1.807, 2.05) is 42.5 Å². The van der Waals surface area contributed by atoms with Crippen molar-refractivity contribution < 1.29 is 4.74 Å². The summed E-state index contributed by atoms with van der Waals surface area (Å²) in [6, 6.07) is 13.6. The van der Waals surface area contributed by atoms with E-state index in [2.05, 4.69) is 30.6 Å². The average molecular weight is 373 g/mol. The number of fused-ring (bicyclic) bond motifs is 1. The molecule has 28 heavy (non-hydrogen) atoms. The number of nitrogens with zero attached hydrogens (tertiary/aromatic N) is 4. The Labute approximate surface area is 161 Å². The van der Waals surface area contributed by atoms with Crippen molar-refractivity contribution in [1.29, 1.82) is 0 Å². The number of nitrogen functional groups attached to an aromatic ring is 1. The summed E-state index contributed by atoms with van der Waals surface area (Å²) in [6.45, 7) is 0. The van der Waals surface area contributed by atoms with Crippen molar-refractivity contribution in [3.63, 3.8) is 0 Å². The van der Waals surface area contributed by atoms with Crippen LogP contribution in [-0.2, 0) is 0 Å². The van der Waals surface area contributed by atoms with Crippen LogP contribution in [0.3, 0.4) is 0 Å². The second kappa shape index (κ2) is 7.36. The summed E-state index contributed by atoms with van der Waals surface area (Å²) in [6.07, 6.45) is 3.21. The Kier molecular flexibility index (Phi) is 4.59. The van der Waals surface area contributed by atoms with E-state index in [9.17, 15) is 0 Å². The standard InChI is InChI=1S/C20H19N7O/c1-22-15-7-8-16(18(28-2)17(15)21)26-20-25-11-24-19(27-20)13-9-12-5-3-4-6-14(12)23-10-13/h3-11,22H,21H2,1-2H3,(H,24,25,26,27).